The maximum absolute atomic E-state index is 12.0. The van der Waals surface area contributed by atoms with Crippen LogP contribution in [0.2, 0.25) is 0 Å². The van der Waals surface area contributed by atoms with Gasteiger partial charge in [0.2, 0.25) is 5.91 Å². The Balaban J connectivity index is 1.66. The van der Waals surface area contributed by atoms with E-state index in [9.17, 15) is 4.79 Å². The molecule has 6 heteroatoms. The van der Waals surface area contributed by atoms with Crippen LogP contribution in [0.3, 0.4) is 0 Å². The SMILES string of the molecule is CCNC(=NCC(=O)N1CCCC1)NCCCOc1ccccc1. The lowest BCUT2D eigenvalue weighted by atomic mass is 10.3. The third kappa shape index (κ3) is 6.48. The standard InChI is InChI=1S/C18H28N4O2/c1-2-19-18(21-15-17(23)22-12-6-7-13-22)20-11-8-14-24-16-9-4-3-5-10-16/h3-5,9-10H,2,6-8,11-15H2,1H3,(H2,19,20,21). The van der Waals surface area contributed by atoms with Crippen molar-refractivity contribution in [3.63, 3.8) is 0 Å². The number of ether oxygens (including phenoxy) is 1. The highest BCUT2D eigenvalue weighted by atomic mass is 16.5. The summed E-state index contributed by atoms with van der Waals surface area (Å²) >= 11 is 0. The van der Waals surface area contributed by atoms with E-state index in [-0.39, 0.29) is 12.5 Å². The molecule has 1 aliphatic rings. The molecule has 1 aromatic rings. The van der Waals surface area contributed by atoms with Gasteiger partial charge in [0.25, 0.3) is 0 Å². The molecule has 1 heterocycles. The first-order valence-electron chi connectivity index (χ1n) is 8.77. The van der Waals surface area contributed by atoms with Crippen molar-refractivity contribution in [1.29, 1.82) is 0 Å². The molecule has 0 aromatic heterocycles. The third-order valence-corrected chi connectivity index (χ3v) is 3.80. The highest BCUT2D eigenvalue weighted by Gasteiger charge is 2.17. The molecule has 1 aliphatic heterocycles. The zero-order chi connectivity index (χ0) is 17.0. The van der Waals surface area contributed by atoms with E-state index in [1.54, 1.807) is 0 Å². The Morgan fingerprint density at radius 1 is 1.21 bits per heavy atom. The van der Waals surface area contributed by atoms with Gasteiger partial charge in [0.1, 0.15) is 12.3 Å². The van der Waals surface area contributed by atoms with Crippen molar-refractivity contribution in [2.75, 3.05) is 39.3 Å². The van der Waals surface area contributed by atoms with E-state index < -0.39 is 0 Å². The predicted molar refractivity (Wildman–Crippen MR) is 96.3 cm³/mol. The van der Waals surface area contributed by atoms with Gasteiger partial charge in [0.05, 0.1) is 6.61 Å². The third-order valence-electron chi connectivity index (χ3n) is 3.80. The molecular formula is C18H28N4O2. The van der Waals surface area contributed by atoms with Crippen LogP contribution in [0, 0.1) is 0 Å². The van der Waals surface area contributed by atoms with Crippen molar-refractivity contribution in [2.24, 2.45) is 4.99 Å². The van der Waals surface area contributed by atoms with Crippen LogP contribution >= 0.6 is 0 Å². The minimum atomic E-state index is 0.108. The van der Waals surface area contributed by atoms with Crippen molar-refractivity contribution >= 4 is 11.9 Å². The summed E-state index contributed by atoms with van der Waals surface area (Å²) < 4.78 is 5.65. The minimum absolute atomic E-state index is 0.108. The van der Waals surface area contributed by atoms with Crippen molar-refractivity contribution in [3.8, 4) is 5.75 Å². The highest BCUT2D eigenvalue weighted by molar-refractivity contribution is 5.85. The number of nitrogens with zero attached hydrogens (tertiary/aromatic N) is 2. The van der Waals surface area contributed by atoms with Gasteiger partial charge in [-0.15, -0.1) is 0 Å². The summed E-state index contributed by atoms with van der Waals surface area (Å²) in [5.74, 6) is 1.68. The summed E-state index contributed by atoms with van der Waals surface area (Å²) in [5.41, 5.74) is 0. The number of likely N-dealkylation sites (tertiary alicyclic amines) is 1. The van der Waals surface area contributed by atoms with Crippen LogP contribution in [0.1, 0.15) is 26.2 Å². The summed E-state index contributed by atoms with van der Waals surface area (Å²) in [6.45, 7) is 6.11. The molecule has 0 saturated carbocycles. The Labute approximate surface area is 144 Å². The molecule has 24 heavy (non-hydrogen) atoms. The minimum Gasteiger partial charge on any atom is -0.494 e. The number of amides is 1. The zero-order valence-corrected chi connectivity index (χ0v) is 14.5. The fraction of sp³-hybridized carbons (Fsp3) is 0.556. The van der Waals surface area contributed by atoms with Gasteiger partial charge >= 0.3 is 0 Å². The Morgan fingerprint density at radius 2 is 1.96 bits per heavy atom. The molecule has 0 spiro atoms. The highest BCUT2D eigenvalue weighted by Crippen LogP contribution is 2.08. The van der Waals surface area contributed by atoms with Gasteiger partial charge in [-0.2, -0.15) is 0 Å². The van der Waals surface area contributed by atoms with E-state index in [4.69, 9.17) is 4.74 Å². The predicted octanol–water partition coefficient (Wildman–Crippen LogP) is 1.63. The van der Waals surface area contributed by atoms with Crippen LogP contribution in [0.4, 0.5) is 0 Å². The number of nitrogens with one attached hydrogen (secondary N) is 2. The van der Waals surface area contributed by atoms with Crippen molar-refractivity contribution in [2.45, 2.75) is 26.2 Å². The van der Waals surface area contributed by atoms with Crippen LogP contribution in [0.5, 0.6) is 5.75 Å². The molecule has 1 fully saturated rings. The number of rotatable bonds is 8. The monoisotopic (exact) mass is 332 g/mol. The quantitative estimate of drug-likeness (QED) is 0.431. The summed E-state index contributed by atoms with van der Waals surface area (Å²) in [4.78, 5) is 18.3. The second-order valence-corrected chi connectivity index (χ2v) is 5.72. The first kappa shape index (κ1) is 18.1. The van der Waals surface area contributed by atoms with Gasteiger partial charge < -0.3 is 20.3 Å². The molecule has 6 nitrogen and oxygen atoms in total. The lowest BCUT2D eigenvalue weighted by Crippen LogP contribution is -2.39. The number of carbonyl (C=O) groups excluding carboxylic acids is 1. The maximum atomic E-state index is 12.0. The van der Waals surface area contributed by atoms with E-state index in [0.717, 1.165) is 51.2 Å². The molecule has 0 bridgehead atoms. The van der Waals surface area contributed by atoms with Crippen LogP contribution in [0.15, 0.2) is 35.3 Å². The average molecular weight is 332 g/mol. The summed E-state index contributed by atoms with van der Waals surface area (Å²) in [7, 11) is 0. The van der Waals surface area contributed by atoms with Gasteiger partial charge in [0, 0.05) is 26.2 Å². The molecule has 0 unspecified atom stereocenters. The summed E-state index contributed by atoms with van der Waals surface area (Å²) in [5, 5.41) is 6.41. The van der Waals surface area contributed by atoms with Crippen LogP contribution in [0.25, 0.3) is 0 Å². The second-order valence-electron chi connectivity index (χ2n) is 5.72. The van der Waals surface area contributed by atoms with Gasteiger partial charge in [-0.05, 0) is 38.3 Å². The molecule has 1 aromatic carbocycles. The molecule has 0 aliphatic carbocycles. The molecule has 1 saturated heterocycles. The number of hydrogen-bond donors (Lipinski definition) is 2. The molecule has 1 amide bonds. The molecule has 0 atom stereocenters. The molecule has 2 N–H and O–H groups in total. The van der Waals surface area contributed by atoms with E-state index in [1.165, 1.54) is 0 Å². The Bertz CT molecular complexity index is 513. The lowest BCUT2D eigenvalue weighted by Gasteiger charge is -2.15. The molecular weight excluding hydrogens is 304 g/mol. The van der Waals surface area contributed by atoms with Gasteiger partial charge in [-0.1, -0.05) is 18.2 Å². The number of carbonyl (C=O) groups is 1. The van der Waals surface area contributed by atoms with Crippen LogP contribution in [-0.4, -0.2) is 56.1 Å². The van der Waals surface area contributed by atoms with Gasteiger partial charge in [0.15, 0.2) is 5.96 Å². The second kappa shape index (κ2) is 10.5. The fourth-order valence-corrected chi connectivity index (χ4v) is 2.54. The van der Waals surface area contributed by atoms with Gasteiger partial charge in [-0.3, -0.25) is 4.79 Å². The van der Waals surface area contributed by atoms with E-state index in [1.807, 2.05) is 42.2 Å². The molecule has 2 rings (SSSR count). The lowest BCUT2D eigenvalue weighted by molar-refractivity contribution is -0.128. The molecule has 0 radical (unpaired) electrons. The number of hydrogen-bond acceptors (Lipinski definition) is 3. The van der Waals surface area contributed by atoms with Crippen LogP contribution < -0.4 is 15.4 Å². The molecule has 132 valence electrons. The normalized spacial score (nSPS) is 14.5. The van der Waals surface area contributed by atoms with E-state index >= 15 is 0 Å². The van der Waals surface area contributed by atoms with E-state index in [2.05, 4.69) is 15.6 Å². The first-order valence-corrected chi connectivity index (χ1v) is 8.77. The Kier molecular flexibility index (Phi) is 7.93. The maximum Gasteiger partial charge on any atom is 0.244 e. The number of benzene rings is 1. The zero-order valence-electron chi connectivity index (χ0n) is 14.5. The number of guanidine groups is 1. The Morgan fingerprint density at radius 3 is 2.67 bits per heavy atom. The largest absolute Gasteiger partial charge is 0.494 e. The smallest absolute Gasteiger partial charge is 0.244 e. The fourth-order valence-electron chi connectivity index (χ4n) is 2.54. The summed E-state index contributed by atoms with van der Waals surface area (Å²) in [6, 6.07) is 9.78. The topological polar surface area (TPSA) is 66.0 Å². The van der Waals surface area contributed by atoms with E-state index in [0.29, 0.717) is 12.6 Å². The number of aliphatic imine (C=N–C) groups is 1. The summed E-state index contributed by atoms with van der Waals surface area (Å²) in [6.07, 6.45) is 3.07. The first-order chi connectivity index (χ1) is 11.8. The Hall–Kier alpha value is -2.24. The van der Waals surface area contributed by atoms with Crippen molar-refractivity contribution in [3.05, 3.63) is 30.3 Å². The van der Waals surface area contributed by atoms with Crippen LogP contribution in [-0.2, 0) is 4.79 Å². The van der Waals surface area contributed by atoms with Gasteiger partial charge in [-0.25, -0.2) is 4.99 Å². The van der Waals surface area contributed by atoms with Crippen molar-refractivity contribution < 1.29 is 9.53 Å². The average Bonchev–Trinajstić information content (AvgIpc) is 3.14. The van der Waals surface area contributed by atoms with Crippen molar-refractivity contribution in [1.82, 2.24) is 15.5 Å². The number of para-hydroxylation sites is 1.